The highest BCUT2D eigenvalue weighted by molar-refractivity contribution is 6.30. The number of nitrogens with one attached hydrogen (secondary N) is 3. The number of carbonyl (C=O) groups excluding carboxylic acids is 2. The molecule has 204 valence electrons. The molecule has 3 aliphatic rings. The third-order valence-electron chi connectivity index (χ3n) is 8.02. The molecule has 6 nitrogen and oxygen atoms in total. The van der Waals surface area contributed by atoms with Gasteiger partial charge in [0.1, 0.15) is 11.2 Å². The summed E-state index contributed by atoms with van der Waals surface area (Å²) in [7, 11) is 0. The molecule has 1 spiro atoms. The van der Waals surface area contributed by atoms with E-state index in [-0.39, 0.29) is 33.3 Å². The van der Waals surface area contributed by atoms with Crippen LogP contribution < -0.4 is 16.0 Å². The van der Waals surface area contributed by atoms with Crippen LogP contribution >= 0.6 is 11.6 Å². The van der Waals surface area contributed by atoms with E-state index in [4.69, 9.17) is 11.6 Å². The summed E-state index contributed by atoms with van der Waals surface area (Å²) in [5.41, 5.74) is -2.62. The molecule has 2 aromatic carbocycles. The summed E-state index contributed by atoms with van der Waals surface area (Å²) in [6.45, 7) is 7.55. The Bertz CT molecular complexity index is 1320. The number of anilines is 1. The van der Waals surface area contributed by atoms with Crippen LogP contribution in [-0.4, -0.2) is 40.6 Å². The maximum atomic E-state index is 15.7. The minimum absolute atomic E-state index is 0.0231. The van der Waals surface area contributed by atoms with Crippen molar-refractivity contribution in [1.29, 1.82) is 0 Å². The van der Waals surface area contributed by atoms with E-state index in [2.05, 4.69) is 16.0 Å². The number of amides is 2. The number of carbonyl (C=O) groups is 2. The molecule has 2 aliphatic heterocycles. The molecule has 2 heterocycles. The number of benzene rings is 2. The summed E-state index contributed by atoms with van der Waals surface area (Å²) < 4.78 is 44.6. The summed E-state index contributed by atoms with van der Waals surface area (Å²) in [6, 6.07) is 4.11. The average molecular weight is 550 g/mol. The van der Waals surface area contributed by atoms with Crippen LogP contribution in [0.3, 0.4) is 0 Å². The molecular formula is C28H31ClF3N3O3. The highest BCUT2D eigenvalue weighted by Crippen LogP contribution is 2.57. The van der Waals surface area contributed by atoms with E-state index in [1.165, 1.54) is 18.2 Å². The fourth-order valence-electron chi connectivity index (χ4n) is 6.56. The van der Waals surface area contributed by atoms with Crippen LogP contribution in [0, 0.1) is 22.9 Å². The van der Waals surface area contributed by atoms with E-state index in [0.717, 1.165) is 12.1 Å². The number of hydrogen-bond donors (Lipinski definition) is 4. The third kappa shape index (κ3) is 4.28. The Morgan fingerprint density at radius 3 is 2.47 bits per heavy atom. The first kappa shape index (κ1) is 27.0. The monoisotopic (exact) mass is 549 g/mol. The fraction of sp³-hybridized carbons (Fsp3) is 0.500. The Morgan fingerprint density at radius 1 is 1.18 bits per heavy atom. The van der Waals surface area contributed by atoms with Gasteiger partial charge in [0.15, 0.2) is 11.6 Å². The molecule has 4 unspecified atom stereocenters. The fourth-order valence-corrected chi connectivity index (χ4v) is 6.74. The van der Waals surface area contributed by atoms with Crippen LogP contribution in [0.25, 0.3) is 0 Å². The molecule has 10 heteroatoms. The van der Waals surface area contributed by atoms with Gasteiger partial charge in [-0.05, 0) is 54.9 Å². The largest absolute Gasteiger partial charge is 0.390 e. The van der Waals surface area contributed by atoms with Crippen molar-refractivity contribution >= 4 is 29.1 Å². The Hall–Kier alpha value is -2.62. The molecule has 2 amide bonds. The SMILES string of the molecule is CC(C)(C)CC1NC(C(=O)NC2CC(C)(O)C2)C(c2cccc(Cl)c2F)C12C(=O)Nc1cc(F)c(F)cc12. The van der Waals surface area contributed by atoms with Gasteiger partial charge >= 0.3 is 0 Å². The van der Waals surface area contributed by atoms with Crippen LogP contribution in [0.15, 0.2) is 30.3 Å². The van der Waals surface area contributed by atoms with E-state index in [9.17, 15) is 23.5 Å². The van der Waals surface area contributed by atoms with Crippen molar-refractivity contribution in [1.82, 2.24) is 10.6 Å². The summed E-state index contributed by atoms with van der Waals surface area (Å²) in [5.74, 6) is -5.26. The number of aliphatic hydroxyl groups is 1. The van der Waals surface area contributed by atoms with Crippen LogP contribution in [0.1, 0.15) is 64.0 Å². The van der Waals surface area contributed by atoms with Gasteiger partial charge in [0.05, 0.1) is 16.7 Å². The van der Waals surface area contributed by atoms with Crippen LogP contribution in [0.2, 0.25) is 5.02 Å². The maximum Gasteiger partial charge on any atom is 0.238 e. The number of rotatable bonds is 4. The lowest BCUT2D eigenvalue weighted by Crippen LogP contribution is -2.57. The molecule has 2 fully saturated rings. The lowest BCUT2D eigenvalue weighted by atomic mass is 9.62. The Kier molecular flexibility index (Phi) is 6.36. The zero-order chi connectivity index (χ0) is 27.8. The topological polar surface area (TPSA) is 90.5 Å². The lowest BCUT2D eigenvalue weighted by Gasteiger charge is -2.42. The predicted molar refractivity (Wildman–Crippen MR) is 137 cm³/mol. The summed E-state index contributed by atoms with van der Waals surface area (Å²) in [5, 5.41) is 18.8. The maximum absolute atomic E-state index is 15.7. The second kappa shape index (κ2) is 8.96. The van der Waals surface area contributed by atoms with Crippen LogP contribution in [0.5, 0.6) is 0 Å². The van der Waals surface area contributed by atoms with E-state index in [1.807, 2.05) is 20.8 Å². The Labute approximate surface area is 224 Å². The van der Waals surface area contributed by atoms with Crippen molar-refractivity contribution in [2.45, 2.75) is 82.0 Å². The molecule has 1 saturated carbocycles. The van der Waals surface area contributed by atoms with Gasteiger partial charge in [-0.25, -0.2) is 13.2 Å². The average Bonchev–Trinajstić information content (AvgIpc) is 3.24. The van der Waals surface area contributed by atoms with Gasteiger partial charge in [0.2, 0.25) is 11.8 Å². The Balaban J connectivity index is 1.71. The van der Waals surface area contributed by atoms with Gasteiger partial charge in [-0.15, -0.1) is 0 Å². The second-order valence-electron chi connectivity index (χ2n) is 12.3. The van der Waals surface area contributed by atoms with Gasteiger partial charge in [0, 0.05) is 29.8 Å². The first-order valence-electron chi connectivity index (χ1n) is 12.7. The molecule has 5 rings (SSSR count). The van der Waals surface area contributed by atoms with E-state index >= 15 is 4.39 Å². The van der Waals surface area contributed by atoms with Crippen molar-refractivity contribution < 1.29 is 27.9 Å². The Morgan fingerprint density at radius 2 is 1.84 bits per heavy atom. The zero-order valence-corrected chi connectivity index (χ0v) is 22.3. The smallest absolute Gasteiger partial charge is 0.238 e. The normalized spacial score (nSPS) is 32.2. The van der Waals surface area contributed by atoms with Crippen molar-refractivity contribution in [3.63, 3.8) is 0 Å². The quantitative estimate of drug-likeness (QED) is 0.451. The van der Waals surface area contributed by atoms with Crippen LogP contribution in [0.4, 0.5) is 18.9 Å². The zero-order valence-electron chi connectivity index (χ0n) is 21.6. The molecule has 4 atom stereocenters. The molecule has 2 aromatic rings. The molecule has 0 aromatic heterocycles. The van der Waals surface area contributed by atoms with E-state index < -0.39 is 58.3 Å². The molecule has 1 saturated heterocycles. The van der Waals surface area contributed by atoms with Crippen molar-refractivity contribution in [3.8, 4) is 0 Å². The first-order valence-corrected chi connectivity index (χ1v) is 13.1. The van der Waals surface area contributed by atoms with Gasteiger partial charge in [-0.1, -0.05) is 44.5 Å². The lowest BCUT2D eigenvalue weighted by molar-refractivity contribution is -0.127. The molecular weight excluding hydrogens is 519 g/mol. The summed E-state index contributed by atoms with van der Waals surface area (Å²) in [4.78, 5) is 27.7. The number of halogens is 4. The van der Waals surface area contributed by atoms with Gasteiger partial charge in [-0.2, -0.15) is 0 Å². The van der Waals surface area contributed by atoms with Gasteiger partial charge < -0.3 is 21.1 Å². The minimum atomic E-state index is -1.64. The van der Waals surface area contributed by atoms with E-state index in [0.29, 0.717) is 19.3 Å². The van der Waals surface area contributed by atoms with Gasteiger partial charge in [-0.3, -0.25) is 9.59 Å². The molecule has 0 bridgehead atoms. The first-order chi connectivity index (χ1) is 17.6. The summed E-state index contributed by atoms with van der Waals surface area (Å²) in [6.07, 6.45) is 1.07. The van der Waals surface area contributed by atoms with Gasteiger partial charge in [0.25, 0.3) is 0 Å². The highest BCUT2D eigenvalue weighted by Gasteiger charge is 2.66. The van der Waals surface area contributed by atoms with Crippen LogP contribution in [-0.2, 0) is 15.0 Å². The number of hydrogen-bond acceptors (Lipinski definition) is 4. The molecule has 38 heavy (non-hydrogen) atoms. The minimum Gasteiger partial charge on any atom is -0.390 e. The third-order valence-corrected chi connectivity index (χ3v) is 8.31. The summed E-state index contributed by atoms with van der Waals surface area (Å²) >= 11 is 6.15. The highest BCUT2D eigenvalue weighted by atomic mass is 35.5. The second-order valence-corrected chi connectivity index (χ2v) is 12.7. The molecule has 1 aliphatic carbocycles. The molecule has 4 N–H and O–H groups in total. The molecule has 0 radical (unpaired) electrons. The van der Waals surface area contributed by atoms with E-state index in [1.54, 1.807) is 6.92 Å². The number of fused-ring (bicyclic) bond motifs is 2. The van der Waals surface area contributed by atoms with Crippen molar-refractivity contribution in [2.24, 2.45) is 5.41 Å². The van der Waals surface area contributed by atoms with Crippen molar-refractivity contribution in [2.75, 3.05) is 5.32 Å². The predicted octanol–water partition coefficient (Wildman–Crippen LogP) is 4.54. The van der Waals surface area contributed by atoms with Crippen molar-refractivity contribution in [3.05, 3.63) is 63.9 Å². The standard InChI is InChI=1S/C28H31ClF3N3O3/c1-26(2,3)12-20-28(15-8-17(30)18(31)9-19(15)34-25(28)37)21(14-6-5-7-16(29)22(14)32)23(35-20)24(36)33-13-10-27(4,38)11-13/h5-9,13,20-21,23,35,38H,10-12H2,1-4H3,(H,33,36)(H,34,37).